The number of ether oxygens (including phenoxy) is 1. The van der Waals surface area contributed by atoms with E-state index in [9.17, 15) is 4.79 Å². The highest BCUT2D eigenvalue weighted by atomic mass is 127. The van der Waals surface area contributed by atoms with E-state index in [0.717, 1.165) is 24.6 Å². The first kappa shape index (κ1) is 27.1. The van der Waals surface area contributed by atoms with Crippen LogP contribution in [0.5, 0.6) is 0 Å². The van der Waals surface area contributed by atoms with Gasteiger partial charge in [0.2, 0.25) is 0 Å². The number of nitrogens with one attached hydrogen (secondary N) is 2. The largest absolute Gasteiger partial charge is 0.372 e. The first-order valence-corrected chi connectivity index (χ1v) is 11.6. The quantitative estimate of drug-likeness (QED) is 0.297. The molecule has 33 heavy (non-hydrogen) atoms. The lowest BCUT2D eigenvalue weighted by Gasteiger charge is -2.35. The number of nitrogens with zero attached hydrogens (tertiary/aromatic N) is 2. The Labute approximate surface area is 215 Å². The van der Waals surface area contributed by atoms with Crippen LogP contribution in [0, 0.1) is 0 Å². The van der Waals surface area contributed by atoms with Crippen molar-refractivity contribution in [2.45, 2.75) is 52.4 Å². The minimum Gasteiger partial charge on any atom is -0.372 e. The van der Waals surface area contributed by atoms with Gasteiger partial charge in [0.05, 0.1) is 18.8 Å². The van der Waals surface area contributed by atoms with Crippen LogP contribution in [0.25, 0.3) is 0 Å². The number of carbonyl (C=O) groups excluding carboxylic acids is 1. The molecule has 1 fully saturated rings. The number of guanidine groups is 1. The minimum atomic E-state index is 0. The van der Waals surface area contributed by atoms with Crippen molar-refractivity contribution in [3.63, 3.8) is 0 Å². The van der Waals surface area contributed by atoms with Crippen molar-refractivity contribution in [1.82, 2.24) is 15.5 Å². The summed E-state index contributed by atoms with van der Waals surface area (Å²) >= 11 is 0. The van der Waals surface area contributed by atoms with Crippen molar-refractivity contribution >= 4 is 35.8 Å². The topological polar surface area (TPSA) is 66.0 Å². The molecule has 180 valence electrons. The number of hydrogen-bond acceptors (Lipinski definition) is 3. The summed E-state index contributed by atoms with van der Waals surface area (Å²) in [5.41, 5.74) is 3.08. The van der Waals surface area contributed by atoms with Crippen LogP contribution in [-0.2, 0) is 11.3 Å². The summed E-state index contributed by atoms with van der Waals surface area (Å²) in [7, 11) is 0. The smallest absolute Gasteiger partial charge is 0.254 e. The highest BCUT2D eigenvalue weighted by Gasteiger charge is 2.26. The van der Waals surface area contributed by atoms with E-state index in [2.05, 4.69) is 48.7 Å². The zero-order chi connectivity index (χ0) is 22.9. The van der Waals surface area contributed by atoms with Crippen molar-refractivity contribution in [1.29, 1.82) is 0 Å². The van der Waals surface area contributed by atoms with Gasteiger partial charge in [-0.3, -0.25) is 4.79 Å². The Morgan fingerprint density at radius 2 is 1.70 bits per heavy atom. The molecule has 1 saturated heterocycles. The van der Waals surface area contributed by atoms with Gasteiger partial charge in [-0.1, -0.05) is 49.4 Å². The number of benzene rings is 2. The van der Waals surface area contributed by atoms with Gasteiger partial charge in [-0.05, 0) is 49.9 Å². The molecule has 0 aliphatic carbocycles. The third kappa shape index (κ3) is 8.30. The Morgan fingerprint density at radius 1 is 1.06 bits per heavy atom. The highest BCUT2D eigenvalue weighted by molar-refractivity contribution is 14.0. The molecule has 6 nitrogen and oxygen atoms in total. The average Bonchev–Trinajstić information content (AvgIpc) is 2.80. The van der Waals surface area contributed by atoms with E-state index < -0.39 is 0 Å². The number of amides is 1. The Hall–Kier alpha value is -2.13. The van der Waals surface area contributed by atoms with Crippen molar-refractivity contribution in [2.75, 3.05) is 26.2 Å². The van der Waals surface area contributed by atoms with Gasteiger partial charge in [-0.15, -0.1) is 24.0 Å². The van der Waals surface area contributed by atoms with Crippen molar-refractivity contribution < 1.29 is 9.53 Å². The van der Waals surface area contributed by atoms with Gasteiger partial charge in [-0.2, -0.15) is 0 Å². The van der Waals surface area contributed by atoms with Crippen LogP contribution in [0.15, 0.2) is 59.6 Å². The first-order chi connectivity index (χ1) is 15.5. The van der Waals surface area contributed by atoms with E-state index >= 15 is 0 Å². The standard InChI is InChI=1S/C26H36N4O2.HI/c1-5-27-26(28-15-19(2)23-9-7-6-8-10-23)29-16-22-11-13-24(14-12-22)25(31)30-17-20(3)32-21(4)18-30;/h6-14,19-21H,5,15-18H2,1-4H3,(H2,27,28,29);1H. The molecule has 1 aliphatic heterocycles. The summed E-state index contributed by atoms with van der Waals surface area (Å²) in [5, 5.41) is 6.74. The van der Waals surface area contributed by atoms with E-state index in [1.165, 1.54) is 5.56 Å². The number of aliphatic imine (C=N–C) groups is 1. The number of rotatable bonds is 7. The molecule has 2 aromatic carbocycles. The molecule has 0 aromatic heterocycles. The molecule has 3 rings (SSSR count). The summed E-state index contributed by atoms with van der Waals surface area (Å²) in [6.07, 6.45) is 0.135. The second-order valence-corrected chi connectivity index (χ2v) is 8.55. The van der Waals surface area contributed by atoms with Gasteiger partial charge >= 0.3 is 0 Å². The molecule has 1 amide bonds. The van der Waals surface area contributed by atoms with Crippen LogP contribution in [0.2, 0.25) is 0 Å². The molecule has 2 N–H and O–H groups in total. The predicted octanol–water partition coefficient (Wildman–Crippen LogP) is 4.41. The summed E-state index contributed by atoms with van der Waals surface area (Å²) < 4.78 is 5.73. The van der Waals surface area contributed by atoms with Crippen LogP contribution in [-0.4, -0.2) is 55.2 Å². The van der Waals surface area contributed by atoms with Crippen LogP contribution in [0.4, 0.5) is 0 Å². The molecule has 7 heteroatoms. The van der Waals surface area contributed by atoms with Crippen molar-refractivity contribution in [3.05, 3.63) is 71.3 Å². The zero-order valence-electron chi connectivity index (χ0n) is 20.1. The Balaban J connectivity index is 0.00000385. The summed E-state index contributed by atoms with van der Waals surface area (Å²) in [5.74, 6) is 1.25. The lowest BCUT2D eigenvalue weighted by atomic mass is 10.0. The maximum absolute atomic E-state index is 12.8. The predicted molar refractivity (Wildman–Crippen MR) is 145 cm³/mol. The van der Waals surface area contributed by atoms with Gasteiger partial charge in [0.25, 0.3) is 5.91 Å². The van der Waals surface area contributed by atoms with Crippen LogP contribution in [0.1, 0.15) is 55.1 Å². The number of morpholine rings is 1. The van der Waals surface area contributed by atoms with Crippen LogP contribution in [0.3, 0.4) is 0 Å². The monoisotopic (exact) mass is 564 g/mol. The van der Waals surface area contributed by atoms with Crippen LogP contribution < -0.4 is 10.6 Å². The summed E-state index contributed by atoms with van der Waals surface area (Å²) in [4.78, 5) is 19.4. The third-order valence-electron chi connectivity index (χ3n) is 5.62. The number of halogens is 1. The summed E-state index contributed by atoms with van der Waals surface area (Å²) in [6.45, 7) is 11.7. The Morgan fingerprint density at radius 3 is 2.30 bits per heavy atom. The Bertz CT molecular complexity index is 879. The SMILES string of the molecule is CCNC(=NCc1ccc(C(=O)N2CC(C)OC(C)C2)cc1)NCC(C)c1ccccc1.I. The lowest BCUT2D eigenvalue weighted by Crippen LogP contribution is -2.48. The normalized spacial score (nSPS) is 19.4. The van der Waals surface area contributed by atoms with E-state index in [-0.39, 0.29) is 42.1 Å². The van der Waals surface area contributed by atoms with Gasteiger partial charge in [0.1, 0.15) is 0 Å². The fourth-order valence-electron chi connectivity index (χ4n) is 3.94. The van der Waals surface area contributed by atoms with E-state index in [4.69, 9.17) is 9.73 Å². The summed E-state index contributed by atoms with van der Waals surface area (Å²) in [6, 6.07) is 18.2. The average molecular weight is 565 g/mol. The van der Waals surface area contributed by atoms with Crippen molar-refractivity contribution in [2.24, 2.45) is 4.99 Å². The fraction of sp³-hybridized carbons (Fsp3) is 0.462. The van der Waals surface area contributed by atoms with Crippen molar-refractivity contribution in [3.8, 4) is 0 Å². The number of carbonyl (C=O) groups is 1. The molecule has 1 heterocycles. The van der Waals surface area contributed by atoms with E-state index in [0.29, 0.717) is 31.1 Å². The molecular weight excluding hydrogens is 527 g/mol. The molecule has 3 unspecified atom stereocenters. The van der Waals surface area contributed by atoms with Gasteiger partial charge in [0.15, 0.2) is 5.96 Å². The molecule has 3 atom stereocenters. The molecule has 1 aliphatic rings. The maximum Gasteiger partial charge on any atom is 0.254 e. The molecule has 0 bridgehead atoms. The minimum absolute atomic E-state index is 0. The number of hydrogen-bond donors (Lipinski definition) is 2. The Kier molecular flexibility index (Phi) is 11.1. The molecular formula is C26H37IN4O2. The first-order valence-electron chi connectivity index (χ1n) is 11.6. The van der Waals surface area contributed by atoms with Gasteiger partial charge < -0.3 is 20.3 Å². The molecule has 0 spiro atoms. The molecule has 2 aromatic rings. The highest BCUT2D eigenvalue weighted by Crippen LogP contribution is 2.16. The fourth-order valence-corrected chi connectivity index (χ4v) is 3.94. The molecule has 0 radical (unpaired) electrons. The maximum atomic E-state index is 12.8. The van der Waals surface area contributed by atoms with E-state index in [1.54, 1.807) is 0 Å². The van der Waals surface area contributed by atoms with Gasteiger partial charge in [-0.25, -0.2) is 4.99 Å². The van der Waals surface area contributed by atoms with E-state index in [1.807, 2.05) is 49.1 Å². The van der Waals surface area contributed by atoms with Gasteiger partial charge in [0, 0.05) is 31.7 Å². The molecule has 0 saturated carbocycles. The zero-order valence-corrected chi connectivity index (χ0v) is 22.4. The second kappa shape index (κ2) is 13.5. The second-order valence-electron chi connectivity index (χ2n) is 8.55. The van der Waals surface area contributed by atoms with Crippen LogP contribution >= 0.6 is 24.0 Å². The lowest BCUT2D eigenvalue weighted by molar-refractivity contribution is -0.0586. The third-order valence-corrected chi connectivity index (χ3v) is 5.62.